The summed E-state index contributed by atoms with van der Waals surface area (Å²) < 4.78 is 1.89. The first kappa shape index (κ1) is 16.7. The van der Waals surface area contributed by atoms with Crippen LogP contribution in [0.25, 0.3) is 0 Å². The van der Waals surface area contributed by atoms with E-state index in [1.807, 2.05) is 6.92 Å². The van der Waals surface area contributed by atoms with Crippen molar-refractivity contribution in [2.45, 2.75) is 39.7 Å². The maximum atomic E-state index is 12.8. The lowest BCUT2D eigenvalue weighted by Gasteiger charge is -2.31. The number of Topliss-reactive ketones (excluding diaryl/α,β-unsaturated/α-hetero) is 1. The molecule has 3 rings (SSSR count). The summed E-state index contributed by atoms with van der Waals surface area (Å²) in [5.74, 6) is -0.209. The van der Waals surface area contributed by atoms with Crippen LogP contribution in [0, 0.1) is 16.7 Å². The first-order valence-electron chi connectivity index (χ1n) is 8.10. The van der Waals surface area contributed by atoms with E-state index in [0.717, 1.165) is 22.0 Å². The number of aromatic hydroxyl groups is 1. The average Bonchev–Trinajstić information content (AvgIpc) is 2.84. The second kappa shape index (κ2) is 4.91. The predicted molar refractivity (Wildman–Crippen MR) is 89.6 cm³/mol. The van der Waals surface area contributed by atoms with Crippen molar-refractivity contribution in [3.63, 3.8) is 0 Å². The second-order valence-electron chi connectivity index (χ2n) is 7.73. The predicted octanol–water partition coefficient (Wildman–Crippen LogP) is 0.602. The number of aliphatic imine (C=N–C) groups is 1. The van der Waals surface area contributed by atoms with E-state index in [0.29, 0.717) is 0 Å². The molecular formula is C17H23N3O4. The van der Waals surface area contributed by atoms with E-state index < -0.39 is 28.6 Å². The minimum atomic E-state index is -0.625. The molecule has 2 aliphatic carbocycles. The van der Waals surface area contributed by atoms with Gasteiger partial charge in [-0.15, -0.1) is 0 Å². The number of carbonyl (C=O) groups excluding carboxylic acids is 1. The summed E-state index contributed by atoms with van der Waals surface area (Å²) in [6.07, 6.45) is 3.04. The highest BCUT2D eigenvalue weighted by atomic mass is 16.3. The molecule has 1 aromatic heterocycles. The second-order valence-corrected chi connectivity index (χ2v) is 7.73. The molecule has 0 radical (unpaired) electrons. The van der Waals surface area contributed by atoms with E-state index in [1.54, 1.807) is 0 Å². The molecule has 1 N–H and O–H groups in total. The minimum absolute atomic E-state index is 0.0712. The molecule has 7 heteroatoms. The molecule has 2 fully saturated rings. The van der Waals surface area contributed by atoms with Gasteiger partial charge in [0.15, 0.2) is 5.78 Å². The van der Waals surface area contributed by atoms with Crippen molar-refractivity contribution in [3.05, 3.63) is 26.4 Å². The smallest absolute Gasteiger partial charge is 0.333 e. The van der Waals surface area contributed by atoms with Crippen molar-refractivity contribution in [3.8, 4) is 5.88 Å². The van der Waals surface area contributed by atoms with Gasteiger partial charge in [0.2, 0.25) is 5.88 Å². The van der Waals surface area contributed by atoms with Crippen LogP contribution in [-0.2, 0) is 18.9 Å². The maximum absolute atomic E-state index is 12.8. The monoisotopic (exact) mass is 333 g/mol. The molecule has 0 aromatic carbocycles. The first-order valence-corrected chi connectivity index (χ1v) is 8.10. The molecule has 2 aliphatic rings. The standard InChI is InChI=1S/C17H23N3O4/c1-16(2)10-6-7-17(16,3)12(21)11(10)18-8-9-13(22)19(4)15(24)20(5)14(9)23/h8,10-11,22H,6-7H2,1-5H3/t10-,11-,17+/m1/s1. The Bertz CT molecular complexity index is 877. The van der Waals surface area contributed by atoms with Crippen molar-refractivity contribution >= 4 is 12.0 Å². The molecule has 1 aromatic rings. The molecule has 0 amide bonds. The normalized spacial score (nSPS) is 31.3. The number of nitrogens with zero attached hydrogens (tertiary/aromatic N) is 3. The Morgan fingerprint density at radius 1 is 1.17 bits per heavy atom. The molecule has 0 aliphatic heterocycles. The largest absolute Gasteiger partial charge is 0.494 e. The molecule has 3 atom stereocenters. The molecule has 2 bridgehead atoms. The molecule has 2 saturated carbocycles. The van der Waals surface area contributed by atoms with Crippen LogP contribution in [0.4, 0.5) is 0 Å². The lowest BCUT2D eigenvalue weighted by Crippen LogP contribution is -2.39. The zero-order valence-electron chi connectivity index (χ0n) is 14.7. The number of fused-ring (bicyclic) bond motifs is 2. The van der Waals surface area contributed by atoms with E-state index in [1.165, 1.54) is 20.3 Å². The van der Waals surface area contributed by atoms with Gasteiger partial charge in [0.05, 0.1) is 0 Å². The molecular weight excluding hydrogens is 310 g/mol. The van der Waals surface area contributed by atoms with Crippen LogP contribution < -0.4 is 11.2 Å². The average molecular weight is 333 g/mol. The van der Waals surface area contributed by atoms with Gasteiger partial charge < -0.3 is 5.11 Å². The summed E-state index contributed by atoms with van der Waals surface area (Å²) in [4.78, 5) is 41.1. The van der Waals surface area contributed by atoms with Crippen LogP contribution in [0.2, 0.25) is 0 Å². The summed E-state index contributed by atoms with van der Waals surface area (Å²) in [6, 6.07) is -0.500. The van der Waals surface area contributed by atoms with Gasteiger partial charge in [-0.05, 0) is 24.2 Å². The Morgan fingerprint density at radius 2 is 1.79 bits per heavy atom. The van der Waals surface area contributed by atoms with Crippen LogP contribution in [-0.4, -0.2) is 32.3 Å². The first-order chi connectivity index (χ1) is 11.0. The number of carbonyl (C=O) groups is 1. The molecule has 1 heterocycles. The van der Waals surface area contributed by atoms with Crippen molar-refractivity contribution in [1.29, 1.82) is 0 Å². The number of rotatable bonds is 2. The number of ketones is 1. The molecule has 24 heavy (non-hydrogen) atoms. The zero-order chi connectivity index (χ0) is 18.0. The third-order valence-corrected chi connectivity index (χ3v) is 6.53. The van der Waals surface area contributed by atoms with Gasteiger partial charge in [-0.3, -0.25) is 23.7 Å². The van der Waals surface area contributed by atoms with E-state index in [9.17, 15) is 19.5 Å². The SMILES string of the molecule is Cn1c(O)c(C=N[C@H]2C(=O)[C@]3(C)CC[C@H]2C3(C)C)c(=O)n(C)c1=O. The number of hydrogen-bond acceptors (Lipinski definition) is 5. The van der Waals surface area contributed by atoms with Gasteiger partial charge in [0.25, 0.3) is 5.56 Å². The van der Waals surface area contributed by atoms with Gasteiger partial charge in [-0.2, -0.15) is 0 Å². The van der Waals surface area contributed by atoms with Gasteiger partial charge in [0, 0.05) is 25.7 Å². The molecule has 0 saturated heterocycles. The fourth-order valence-corrected chi connectivity index (χ4v) is 4.34. The van der Waals surface area contributed by atoms with E-state index in [-0.39, 0.29) is 22.7 Å². The summed E-state index contributed by atoms with van der Waals surface area (Å²) in [5.41, 5.74) is -1.84. The minimum Gasteiger partial charge on any atom is -0.494 e. The topological polar surface area (TPSA) is 93.7 Å². The Balaban J connectivity index is 2.04. The van der Waals surface area contributed by atoms with Gasteiger partial charge >= 0.3 is 5.69 Å². The highest BCUT2D eigenvalue weighted by molar-refractivity contribution is 5.96. The summed E-state index contributed by atoms with van der Waals surface area (Å²) >= 11 is 0. The van der Waals surface area contributed by atoms with E-state index >= 15 is 0 Å². The lowest BCUT2D eigenvalue weighted by molar-refractivity contribution is -0.129. The van der Waals surface area contributed by atoms with Crippen molar-refractivity contribution < 1.29 is 9.90 Å². The third kappa shape index (κ3) is 1.84. The fraction of sp³-hybridized carbons (Fsp3) is 0.647. The van der Waals surface area contributed by atoms with Crippen molar-refractivity contribution in [2.75, 3.05) is 0 Å². The third-order valence-electron chi connectivity index (χ3n) is 6.53. The summed E-state index contributed by atoms with van der Waals surface area (Å²) in [7, 11) is 2.72. The molecule has 7 nitrogen and oxygen atoms in total. The molecule has 0 unspecified atom stereocenters. The van der Waals surface area contributed by atoms with E-state index in [2.05, 4.69) is 18.8 Å². The Labute approximate surface area is 139 Å². The van der Waals surface area contributed by atoms with Crippen LogP contribution in [0.3, 0.4) is 0 Å². The van der Waals surface area contributed by atoms with Crippen LogP contribution in [0.15, 0.2) is 14.6 Å². The van der Waals surface area contributed by atoms with Crippen LogP contribution in [0.1, 0.15) is 39.2 Å². The summed E-state index contributed by atoms with van der Waals surface area (Å²) in [5, 5.41) is 10.1. The van der Waals surface area contributed by atoms with Gasteiger partial charge in [-0.25, -0.2) is 4.79 Å². The Morgan fingerprint density at radius 3 is 2.33 bits per heavy atom. The number of aromatic nitrogens is 2. The van der Waals surface area contributed by atoms with Crippen molar-refractivity contribution in [1.82, 2.24) is 9.13 Å². The fourth-order valence-electron chi connectivity index (χ4n) is 4.34. The number of hydrogen-bond donors (Lipinski definition) is 1. The van der Waals surface area contributed by atoms with Crippen LogP contribution >= 0.6 is 0 Å². The van der Waals surface area contributed by atoms with Crippen molar-refractivity contribution in [2.24, 2.45) is 35.8 Å². The van der Waals surface area contributed by atoms with Gasteiger partial charge in [0.1, 0.15) is 11.6 Å². The summed E-state index contributed by atoms with van der Waals surface area (Å²) in [6.45, 7) is 6.19. The Kier molecular flexibility index (Phi) is 3.41. The molecule has 0 spiro atoms. The quantitative estimate of drug-likeness (QED) is 0.802. The highest BCUT2D eigenvalue weighted by Crippen LogP contribution is 2.64. The Hall–Kier alpha value is -2.18. The van der Waals surface area contributed by atoms with E-state index in [4.69, 9.17) is 0 Å². The highest BCUT2D eigenvalue weighted by Gasteiger charge is 2.66. The lowest BCUT2D eigenvalue weighted by atomic mass is 9.70. The zero-order valence-corrected chi connectivity index (χ0v) is 14.7. The molecule has 130 valence electrons. The van der Waals surface area contributed by atoms with Gasteiger partial charge in [-0.1, -0.05) is 20.8 Å². The maximum Gasteiger partial charge on any atom is 0.333 e. The van der Waals surface area contributed by atoms with Crippen LogP contribution in [0.5, 0.6) is 5.88 Å².